The van der Waals surface area contributed by atoms with Crippen molar-refractivity contribution in [2.24, 2.45) is 0 Å². The largest absolute Gasteiger partial charge is 0.392 e. The molecule has 20 heavy (non-hydrogen) atoms. The highest BCUT2D eigenvalue weighted by Gasteiger charge is 2.21. The van der Waals surface area contributed by atoms with Crippen molar-refractivity contribution in [3.8, 4) is 0 Å². The van der Waals surface area contributed by atoms with E-state index in [1.54, 1.807) is 6.07 Å². The topological polar surface area (TPSA) is 56.3 Å². The summed E-state index contributed by atoms with van der Waals surface area (Å²) in [7, 11) is 0. The fourth-order valence-corrected chi connectivity index (χ4v) is 3.04. The molecular weight excluding hydrogens is 276 g/mol. The second-order valence-electron chi connectivity index (χ2n) is 5.43. The number of nitrogens with one attached hydrogen (secondary N) is 1. The number of likely N-dealkylation sites (tertiary alicyclic amines) is 1. The molecule has 0 spiro atoms. The number of benzene rings is 1. The van der Waals surface area contributed by atoms with Gasteiger partial charge in [-0.25, -0.2) is 0 Å². The molecule has 1 aromatic heterocycles. The van der Waals surface area contributed by atoms with Gasteiger partial charge in [0.15, 0.2) is 0 Å². The maximum absolute atomic E-state index is 12.0. The number of aromatic amines is 1. The van der Waals surface area contributed by atoms with E-state index in [1.165, 1.54) is 0 Å². The minimum atomic E-state index is -0.237. The van der Waals surface area contributed by atoms with Gasteiger partial charge in [-0.3, -0.25) is 9.69 Å². The van der Waals surface area contributed by atoms with Crippen LogP contribution in [0.3, 0.4) is 0 Å². The Labute approximate surface area is 122 Å². The van der Waals surface area contributed by atoms with Crippen molar-refractivity contribution in [2.75, 3.05) is 13.1 Å². The predicted octanol–water partition coefficient (Wildman–Crippen LogP) is 2.06. The van der Waals surface area contributed by atoms with E-state index >= 15 is 0 Å². The average Bonchev–Trinajstić information content (AvgIpc) is 2.80. The van der Waals surface area contributed by atoms with Crippen molar-refractivity contribution in [3.63, 3.8) is 0 Å². The Morgan fingerprint density at radius 2 is 2.25 bits per heavy atom. The number of hydrogen-bond acceptors (Lipinski definition) is 3. The fourth-order valence-electron chi connectivity index (χ4n) is 2.87. The Bertz CT molecular complexity index is 711. The highest BCUT2D eigenvalue weighted by atomic mass is 35.5. The number of aryl methyl sites for hydroxylation is 1. The summed E-state index contributed by atoms with van der Waals surface area (Å²) in [6.45, 7) is 4.22. The monoisotopic (exact) mass is 292 g/mol. The van der Waals surface area contributed by atoms with Crippen LogP contribution in [0.15, 0.2) is 23.0 Å². The van der Waals surface area contributed by atoms with Crippen LogP contribution >= 0.6 is 11.6 Å². The number of nitrogens with zero attached hydrogens (tertiary/aromatic N) is 1. The first-order chi connectivity index (χ1) is 9.54. The number of aromatic nitrogens is 1. The third kappa shape index (κ3) is 2.46. The summed E-state index contributed by atoms with van der Waals surface area (Å²) in [6, 6.07) is 5.42. The van der Waals surface area contributed by atoms with Crippen LogP contribution < -0.4 is 5.56 Å². The number of halogens is 1. The summed E-state index contributed by atoms with van der Waals surface area (Å²) in [4.78, 5) is 17.1. The Kier molecular flexibility index (Phi) is 3.54. The molecule has 0 saturated carbocycles. The number of fused-ring (bicyclic) bond motifs is 1. The van der Waals surface area contributed by atoms with E-state index in [-0.39, 0.29) is 11.7 Å². The van der Waals surface area contributed by atoms with E-state index in [9.17, 15) is 9.90 Å². The highest BCUT2D eigenvalue weighted by molar-refractivity contribution is 6.31. The molecular formula is C15H17ClN2O2. The van der Waals surface area contributed by atoms with Crippen molar-refractivity contribution in [2.45, 2.75) is 26.0 Å². The Morgan fingerprint density at radius 3 is 2.95 bits per heavy atom. The lowest BCUT2D eigenvalue weighted by Crippen LogP contribution is -2.23. The van der Waals surface area contributed by atoms with Gasteiger partial charge in [-0.2, -0.15) is 0 Å². The highest BCUT2D eigenvalue weighted by Crippen LogP contribution is 2.24. The zero-order valence-corrected chi connectivity index (χ0v) is 12.1. The molecule has 1 atom stereocenters. The van der Waals surface area contributed by atoms with Crippen molar-refractivity contribution in [3.05, 3.63) is 44.8 Å². The SMILES string of the molecule is Cc1[nH]c(=O)c2cc(Cl)ccc2c1CN1CCC(O)C1. The molecule has 5 heteroatoms. The van der Waals surface area contributed by atoms with Crippen LogP contribution in [0.25, 0.3) is 10.8 Å². The molecule has 0 bridgehead atoms. The third-order valence-corrected chi connectivity index (χ3v) is 4.17. The molecule has 1 aromatic carbocycles. The van der Waals surface area contributed by atoms with Crippen LogP contribution in [0, 0.1) is 6.92 Å². The quantitative estimate of drug-likeness (QED) is 0.891. The molecule has 2 N–H and O–H groups in total. The number of rotatable bonds is 2. The molecule has 2 aromatic rings. The lowest BCUT2D eigenvalue weighted by atomic mass is 10.0. The average molecular weight is 293 g/mol. The lowest BCUT2D eigenvalue weighted by molar-refractivity contribution is 0.175. The van der Waals surface area contributed by atoms with E-state index in [0.29, 0.717) is 17.0 Å². The van der Waals surface area contributed by atoms with Gasteiger partial charge in [0, 0.05) is 35.7 Å². The standard InChI is InChI=1S/C15H17ClN2O2/c1-9-14(8-18-5-4-11(19)7-18)12-3-2-10(16)6-13(12)15(20)17-9/h2-3,6,11,19H,4-5,7-8H2,1H3,(H,17,20). The number of H-pyrrole nitrogens is 1. The number of aliphatic hydroxyl groups is 1. The van der Waals surface area contributed by atoms with Crippen LogP contribution in [0.4, 0.5) is 0 Å². The van der Waals surface area contributed by atoms with Gasteiger partial charge in [-0.1, -0.05) is 17.7 Å². The molecule has 1 aliphatic heterocycles. The molecule has 2 heterocycles. The smallest absolute Gasteiger partial charge is 0.256 e. The normalized spacial score (nSPS) is 19.9. The van der Waals surface area contributed by atoms with Crippen molar-refractivity contribution in [1.29, 1.82) is 0 Å². The summed E-state index contributed by atoms with van der Waals surface area (Å²) in [5.41, 5.74) is 1.88. The molecule has 0 amide bonds. The van der Waals surface area contributed by atoms with Crippen molar-refractivity contribution in [1.82, 2.24) is 9.88 Å². The molecule has 0 aliphatic carbocycles. The van der Waals surface area contributed by atoms with Gasteiger partial charge in [-0.15, -0.1) is 0 Å². The van der Waals surface area contributed by atoms with Crippen LogP contribution in [-0.2, 0) is 6.54 Å². The van der Waals surface area contributed by atoms with E-state index in [1.807, 2.05) is 19.1 Å². The van der Waals surface area contributed by atoms with Gasteiger partial charge >= 0.3 is 0 Å². The van der Waals surface area contributed by atoms with E-state index in [0.717, 1.165) is 36.2 Å². The number of aliphatic hydroxyl groups excluding tert-OH is 1. The second kappa shape index (κ2) is 5.20. The molecule has 1 saturated heterocycles. The Hall–Kier alpha value is -1.36. The molecule has 3 rings (SSSR count). The zero-order valence-electron chi connectivity index (χ0n) is 11.3. The van der Waals surface area contributed by atoms with Gasteiger partial charge in [0.1, 0.15) is 0 Å². The van der Waals surface area contributed by atoms with Crippen LogP contribution in [0.1, 0.15) is 17.7 Å². The molecule has 106 valence electrons. The van der Waals surface area contributed by atoms with Crippen LogP contribution in [0.2, 0.25) is 5.02 Å². The molecule has 0 radical (unpaired) electrons. The molecule has 1 aliphatic rings. The van der Waals surface area contributed by atoms with Gasteiger partial charge < -0.3 is 10.1 Å². The summed E-state index contributed by atoms with van der Waals surface area (Å²) in [5, 5.41) is 11.8. The number of hydrogen-bond donors (Lipinski definition) is 2. The number of pyridine rings is 1. The Morgan fingerprint density at radius 1 is 1.45 bits per heavy atom. The maximum Gasteiger partial charge on any atom is 0.256 e. The number of β-amino-alcohol motifs (C(OH)–C–C–N with tert-alkyl or cyclic N) is 1. The van der Waals surface area contributed by atoms with Crippen molar-refractivity contribution < 1.29 is 5.11 Å². The van der Waals surface area contributed by atoms with Gasteiger partial charge in [0.2, 0.25) is 0 Å². The summed E-state index contributed by atoms with van der Waals surface area (Å²) in [6.07, 6.45) is 0.574. The minimum absolute atomic E-state index is 0.106. The fraction of sp³-hybridized carbons (Fsp3) is 0.400. The first-order valence-electron chi connectivity index (χ1n) is 6.76. The summed E-state index contributed by atoms with van der Waals surface area (Å²) >= 11 is 5.98. The van der Waals surface area contributed by atoms with Crippen LogP contribution in [0.5, 0.6) is 0 Å². The Balaban J connectivity index is 2.07. The van der Waals surface area contributed by atoms with Crippen molar-refractivity contribution >= 4 is 22.4 Å². The molecule has 1 unspecified atom stereocenters. The lowest BCUT2D eigenvalue weighted by Gasteiger charge is -2.18. The van der Waals surface area contributed by atoms with Gasteiger partial charge in [0.05, 0.1) is 6.10 Å². The zero-order chi connectivity index (χ0) is 14.3. The van der Waals surface area contributed by atoms with Gasteiger partial charge in [-0.05, 0) is 36.4 Å². The van der Waals surface area contributed by atoms with E-state index < -0.39 is 0 Å². The first kappa shape index (κ1) is 13.6. The summed E-state index contributed by atoms with van der Waals surface area (Å²) < 4.78 is 0. The maximum atomic E-state index is 12.0. The first-order valence-corrected chi connectivity index (χ1v) is 7.14. The molecule has 1 fully saturated rings. The predicted molar refractivity (Wildman–Crippen MR) is 80.2 cm³/mol. The summed E-state index contributed by atoms with van der Waals surface area (Å²) in [5.74, 6) is 0. The van der Waals surface area contributed by atoms with Crippen LogP contribution in [-0.4, -0.2) is 34.2 Å². The third-order valence-electron chi connectivity index (χ3n) is 3.93. The van der Waals surface area contributed by atoms with E-state index in [2.05, 4.69) is 9.88 Å². The van der Waals surface area contributed by atoms with Gasteiger partial charge in [0.25, 0.3) is 5.56 Å². The van der Waals surface area contributed by atoms with E-state index in [4.69, 9.17) is 11.6 Å². The minimum Gasteiger partial charge on any atom is -0.392 e. The molecule has 4 nitrogen and oxygen atoms in total. The second-order valence-corrected chi connectivity index (χ2v) is 5.86.